The predicted molar refractivity (Wildman–Crippen MR) is 78.7 cm³/mol. The summed E-state index contributed by atoms with van der Waals surface area (Å²) >= 11 is 3.44. The van der Waals surface area contributed by atoms with Crippen molar-refractivity contribution in [1.82, 2.24) is 0 Å². The number of hydrogen-bond donors (Lipinski definition) is 3. The lowest BCUT2D eigenvalue weighted by Gasteiger charge is -2.38. The summed E-state index contributed by atoms with van der Waals surface area (Å²) in [6.45, 7) is 3.35. The number of amidine groups is 1. The SMILES string of the molecule is CC1(O)CCN(c2cc(Br)ccc2/C(N)=N/O)CC1. The summed E-state index contributed by atoms with van der Waals surface area (Å²) in [4.78, 5) is 2.15. The Kier molecular flexibility index (Phi) is 4.01. The zero-order valence-corrected chi connectivity index (χ0v) is 12.4. The van der Waals surface area contributed by atoms with E-state index in [4.69, 9.17) is 10.9 Å². The number of piperidine rings is 1. The average molecular weight is 328 g/mol. The van der Waals surface area contributed by atoms with Gasteiger partial charge >= 0.3 is 0 Å². The Bertz CT molecular complexity index is 493. The molecule has 0 unspecified atom stereocenters. The van der Waals surface area contributed by atoms with Crippen molar-refractivity contribution in [3.63, 3.8) is 0 Å². The van der Waals surface area contributed by atoms with Gasteiger partial charge in [-0.25, -0.2) is 0 Å². The molecule has 19 heavy (non-hydrogen) atoms. The van der Waals surface area contributed by atoms with Gasteiger partial charge in [-0.15, -0.1) is 0 Å². The van der Waals surface area contributed by atoms with Gasteiger partial charge in [0.2, 0.25) is 0 Å². The Labute approximate surface area is 120 Å². The number of rotatable bonds is 2. The Morgan fingerprint density at radius 1 is 1.42 bits per heavy atom. The topological polar surface area (TPSA) is 82.1 Å². The van der Waals surface area contributed by atoms with E-state index in [9.17, 15) is 5.11 Å². The van der Waals surface area contributed by atoms with Crippen LogP contribution in [0, 0.1) is 0 Å². The Morgan fingerprint density at radius 3 is 2.63 bits per heavy atom. The van der Waals surface area contributed by atoms with E-state index in [1.807, 2.05) is 25.1 Å². The summed E-state index contributed by atoms with van der Waals surface area (Å²) in [5.41, 5.74) is 6.73. The highest BCUT2D eigenvalue weighted by Crippen LogP contribution is 2.30. The molecule has 0 aromatic heterocycles. The molecule has 1 aliphatic heterocycles. The summed E-state index contributed by atoms with van der Waals surface area (Å²) < 4.78 is 0.939. The lowest BCUT2D eigenvalue weighted by atomic mass is 9.93. The number of oxime groups is 1. The molecule has 0 atom stereocenters. The molecule has 104 valence electrons. The molecule has 1 aromatic carbocycles. The monoisotopic (exact) mass is 327 g/mol. The first kappa shape index (κ1) is 14.1. The van der Waals surface area contributed by atoms with Crippen molar-refractivity contribution < 1.29 is 10.3 Å². The lowest BCUT2D eigenvalue weighted by Crippen LogP contribution is -2.43. The third-order valence-corrected chi connectivity index (χ3v) is 4.02. The first-order valence-electron chi connectivity index (χ1n) is 6.18. The molecule has 6 heteroatoms. The highest BCUT2D eigenvalue weighted by Gasteiger charge is 2.28. The van der Waals surface area contributed by atoms with Crippen molar-refractivity contribution in [3.8, 4) is 0 Å². The van der Waals surface area contributed by atoms with Gasteiger partial charge in [0.15, 0.2) is 5.84 Å². The Balaban J connectivity index is 2.31. The fraction of sp³-hybridized carbons (Fsp3) is 0.462. The molecule has 0 bridgehead atoms. The van der Waals surface area contributed by atoms with Crippen LogP contribution in [-0.2, 0) is 0 Å². The van der Waals surface area contributed by atoms with Crippen LogP contribution in [0.3, 0.4) is 0 Å². The molecule has 1 aromatic rings. The van der Waals surface area contributed by atoms with Crippen LogP contribution in [0.4, 0.5) is 5.69 Å². The van der Waals surface area contributed by atoms with Crippen LogP contribution in [0.2, 0.25) is 0 Å². The average Bonchev–Trinajstić information content (AvgIpc) is 2.38. The summed E-state index contributed by atoms with van der Waals surface area (Å²) in [6, 6.07) is 5.63. The largest absolute Gasteiger partial charge is 0.409 e. The molecule has 0 saturated carbocycles. The number of nitrogens with zero attached hydrogens (tertiary/aromatic N) is 2. The number of benzene rings is 1. The molecular weight excluding hydrogens is 310 g/mol. The van der Waals surface area contributed by atoms with E-state index in [1.165, 1.54) is 0 Å². The minimum atomic E-state index is -0.598. The quantitative estimate of drug-likeness (QED) is 0.335. The van der Waals surface area contributed by atoms with Crippen molar-refractivity contribution in [2.75, 3.05) is 18.0 Å². The third-order valence-electron chi connectivity index (χ3n) is 3.52. The molecule has 1 aliphatic rings. The fourth-order valence-electron chi connectivity index (χ4n) is 2.27. The smallest absolute Gasteiger partial charge is 0.172 e. The van der Waals surface area contributed by atoms with E-state index in [1.54, 1.807) is 0 Å². The van der Waals surface area contributed by atoms with Crippen LogP contribution in [0.1, 0.15) is 25.3 Å². The summed E-state index contributed by atoms with van der Waals surface area (Å²) in [6.07, 6.45) is 1.41. The van der Waals surface area contributed by atoms with Gasteiger partial charge in [0.25, 0.3) is 0 Å². The van der Waals surface area contributed by atoms with E-state index in [-0.39, 0.29) is 5.84 Å². The van der Waals surface area contributed by atoms with Gasteiger partial charge in [-0.1, -0.05) is 21.1 Å². The van der Waals surface area contributed by atoms with Gasteiger partial charge in [-0.05, 0) is 38.0 Å². The highest BCUT2D eigenvalue weighted by atomic mass is 79.9. The maximum Gasteiger partial charge on any atom is 0.172 e. The van der Waals surface area contributed by atoms with E-state index < -0.39 is 5.60 Å². The minimum absolute atomic E-state index is 0.0971. The van der Waals surface area contributed by atoms with Gasteiger partial charge in [-0.2, -0.15) is 0 Å². The van der Waals surface area contributed by atoms with Crippen LogP contribution in [0.5, 0.6) is 0 Å². The van der Waals surface area contributed by atoms with Gasteiger partial charge in [0.05, 0.1) is 5.60 Å². The second-order valence-electron chi connectivity index (χ2n) is 5.13. The van der Waals surface area contributed by atoms with Crippen LogP contribution >= 0.6 is 15.9 Å². The first-order chi connectivity index (χ1) is 8.93. The molecule has 0 aliphatic carbocycles. The summed E-state index contributed by atoms with van der Waals surface area (Å²) in [7, 11) is 0. The molecule has 5 nitrogen and oxygen atoms in total. The van der Waals surface area contributed by atoms with E-state index in [0.29, 0.717) is 18.4 Å². The van der Waals surface area contributed by atoms with Crippen LogP contribution in [0.15, 0.2) is 27.8 Å². The predicted octanol–water partition coefficient (Wildman–Crippen LogP) is 1.89. The molecule has 0 amide bonds. The maximum atomic E-state index is 9.99. The Morgan fingerprint density at radius 2 is 2.05 bits per heavy atom. The standard InChI is InChI=1S/C13H18BrN3O2/c1-13(18)4-6-17(7-5-13)11-8-9(14)2-3-10(11)12(15)16-19/h2-3,8,18-19H,4-7H2,1H3,(H2,15,16). The second-order valence-corrected chi connectivity index (χ2v) is 6.05. The molecule has 4 N–H and O–H groups in total. The second kappa shape index (κ2) is 5.38. The van der Waals surface area contributed by atoms with Gasteiger partial charge < -0.3 is 20.9 Å². The van der Waals surface area contributed by atoms with Crippen molar-refractivity contribution >= 4 is 27.5 Å². The zero-order valence-electron chi connectivity index (χ0n) is 10.8. The van der Waals surface area contributed by atoms with Crippen LogP contribution in [0.25, 0.3) is 0 Å². The maximum absolute atomic E-state index is 9.99. The van der Waals surface area contributed by atoms with Gasteiger partial charge in [-0.3, -0.25) is 0 Å². The molecule has 1 fully saturated rings. The highest BCUT2D eigenvalue weighted by molar-refractivity contribution is 9.10. The zero-order chi connectivity index (χ0) is 14.0. The van der Waals surface area contributed by atoms with Gasteiger partial charge in [0, 0.05) is 28.8 Å². The van der Waals surface area contributed by atoms with Crippen LogP contribution < -0.4 is 10.6 Å². The summed E-state index contributed by atoms with van der Waals surface area (Å²) in [5.74, 6) is 0.0971. The van der Waals surface area contributed by atoms with Crippen molar-refractivity contribution in [1.29, 1.82) is 0 Å². The van der Waals surface area contributed by atoms with Crippen molar-refractivity contribution in [2.45, 2.75) is 25.4 Å². The molecular formula is C13H18BrN3O2. The first-order valence-corrected chi connectivity index (χ1v) is 6.97. The normalized spacial score (nSPS) is 19.5. The van der Waals surface area contributed by atoms with Crippen LogP contribution in [-0.4, -0.2) is 34.8 Å². The number of hydrogen-bond acceptors (Lipinski definition) is 4. The Hall–Kier alpha value is -1.27. The molecule has 1 saturated heterocycles. The number of aliphatic hydroxyl groups is 1. The van der Waals surface area contributed by atoms with Crippen molar-refractivity contribution in [3.05, 3.63) is 28.2 Å². The number of anilines is 1. The van der Waals surface area contributed by atoms with E-state index in [2.05, 4.69) is 26.0 Å². The number of halogens is 1. The molecule has 0 spiro atoms. The third kappa shape index (κ3) is 3.19. The fourth-order valence-corrected chi connectivity index (χ4v) is 2.62. The lowest BCUT2D eigenvalue weighted by molar-refractivity contribution is 0.0351. The van der Waals surface area contributed by atoms with E-state index >= 15 is 0 Å². The summed E-state index contributed by atoms with van der Waals surface area (Å²) in [5, 5.41) is 21.9. The molecule has 2 rings (SSSR count). The molecule has 0 radical (unpaired) electrons. The molecule has 1 heterocycles. The van der Waals surface area contributed by atoms with Gasteiger partial charge in [0.1, 0.15) is 0 Å². The minimum Gasteiger partial charge on any atom is -0.409 e. The van der Waals surface area contributed by atoms with Crippen molar-refractivity contribution in [2.24, 2.45) is 10.9 Å². The number of nitrogens with two attached hydrogens (primary N) is 1. The van der Waals surface area contributed by atoms with E-state index in [0.717, 1.165) is 23.2 Å².